The number of hydrogen-bond donors (Lipinski definition) is 0. The third-order valence-electron chi connectivity index (χ3n) is 2.10. The van der Waals surface area contributed by atoms with Crippen molar-refractivity contribution in [1.29, 1.82) is 0 Å². The first-order valence-electron chi connectivity index (χ1n) is 4.21. The van der Waals surface area contributed by atoms with Crippen molar-refractivity contribution in [2.24, 2.45) is 0 Å². The highest BCUT2D eigenvalue weighted by molar-refractivity contribution is 9.10. The topological polar surface area (TPSA) is 12.9 Å². The number of aromatic nitrogens is 1. The Balaban J connectivity index is 2.90. The molecule has 16 heavy (non-hydrogen) atoms. The number of rotatable bonds is 0. The van der Waals surface area contributed by atoms with Crippen LogP contribution in [-0.2, 0) is 6.18 Å². The largest absolute Gasteiger partial charge is 0.418 e. The van der Waals surface area contributed by atoms with Crippen molar-refractivity contribution in [2.75, 3.05) is 0 Å². The van der Waals surface area contributed by atoms with Gasteiger partial charge in [-0.1, -0.05) is 27.5 Å². The second kappa shape index (κ2) is 3.89. The predicted octanol–water partition coefficient (Wildman–Crippen LogP) is 4.67. The number of hydrogen-bond acceptors (Lipinski definition) is 1. The fraction of sp³-hybridized carbons (Fsp3) is 0.100. The summed E-state index contributed by atoms with van der Waals surface area (Å²) in [5, 5.41) is 0.516. The molecule has 1 aromatic carbocycles. The quantitative estimate of drug-likeness (QED) is 0.689. The Hall–Kier alpha value is -0.810. The van der Waals surface area contributed by atoms with E-state index in [0.29, 0.717) is 4.47 Å². The number of benzene rings is 1. The number of alkyl halides is 3. The molecular formula is C10H4BrClF3N. The van der Waals surface area contributed by atoms with Gasteiger partial charge in [0.05, 0.1) is 16.1 Å². The molecule has 0 aliphatic rings. The lowest BCUT2D eigenvalue weighted by molar-refractivity contribution is -0.136. The second-order valence-corrected chi connectivity index (χ2v) is 4.37. The Labute approximate surface area is 102 Å². The van der Waals surface area contributed by atoms with Gasteiger partial charge in [0.15, 0.2) is 0 Å². The number of fused-ring (bicyclic) bond motifs is 1. The molecule has 1 heterocycles. The Kier molecular flexibility index (Phi) is 2.84. The van der Waals surface area contributed by atoms with Crippen molar-refractivity contribution < 1.29 is 13.2 Å². The van der Waals surface area contributed by atoms with E-state index in [4.69, 9.17) is 11.6 Å². The summed E-state index contributed by atoms with van der Waals surface area (Å²) in [5.41, 5.74) is -0.928. The zero-order chi connectivity index (χ0) is 11.9. The zero-order valence-corrected chi connectivity index (χ0v) is 9.99. The molecule has 1 nitrogen and oxygen atoms in total. The normalized spacial score (nSPS) is 12.1. The molecule has 0 radical (unpaired) electrons. The fourth-order valence-electron chi connectivity index (χ4n) is 1.42. The standard InChI is InChI=1S/C10H4BrClF3N/c11-6-2-1-5(10(13,14)15)9-8(6)7(12)3-4-16-9/h1-4H. The van der Waals surface area contributed by atoms with E-state index < -0.39 is 11.7 Å². The van der Waals surface area contributed by atoms with Crippen LogP contribution in [0.1, 0.15) is 5.56 Å². The molecule has 0 atom stereocenters. The summed E-state index contributed by atoms with van der Waals surface area (Å²) >= 11 is 9.00. The lowest BCUT2D eigenvalue weighted by Gasteiger charge is -2.11. The molecule has 2 rings (SSSR count). The summed E-state index contributed by atoms with van der Waals surface area (Å²) in [6.45, 7) is 0. The molecule has 0 aliphatic carbocycles. The van der Waals surface area contributed by atoms with Gasteiger partial charge in [0.1, 0.15) is 0 Å². The first-order valence-corrected chi connectivity index (χ1v) is 5.38. The minimum absolute atomic E-state index is 0.144. The molecule has 0 spiro atoms. The van der Waals surface area contributed by atoms with Gasteiger partial charge in [-0.25, -0.2) is 0 Å². The predicted molar refractivity (Wildman–Crippen MR) is 59.5 cm³/mol. The van der Waals surface area contributed by atoms with Gasteiger partial charge in [-0.05, 0) is 18.2 Å². The third kappa shape index (κ3) is 1.89. The highest BCUT2D eigenvalue weighted by Crippen LogP contribution is 2.38. The molecule has 6 heteroatoms. The molecule has 0 aliphatic heterocycles. The minimum Gasteiger partial charge on any atom is -0.255 e. The third-order valence-corrected chi connectivity index (χ3v) is 3.07. The molecule has 0 N–H and O–H groups in total. The minimum atomic E-state index is -4.43. The van der Waals surface area contributed by atoms with Crippen LogP contribution in [0.25, 0.3) is 10.9 Å². The van der Waals surface area contributed by atoms with Gasteiger partial charge < -0.3 is 0 Å². The fourth-order valence-corrected chi connectivity index (χ4v) is 2.31. The van der Waals surface area contributed by atoms with E-state index >= 15 is 0 Å². The molecule has 0 bridgehead atoms. The van der Waals surface area contributed by atoms with Crippen molar-refractivity contribution in [3.63, 3.8) is 0 Å². The van der Waals surface area contributed by atoms with Crippen LogP contribution in [0.3, 0.4) is 0 Å². The van der Waals surface area contributed by atoms with Crippen LogP contribution in [0.5, 0.6) is 0 Å². The SMILES string of the molecule is FC(F)(F)c1ccc(Br)c2c(Cl)ccnc12. The number of pyridine rings is 1. The molecular weight excluding hydrogens is 306 g/mol. The molecule has 0 unspecified atom stereocenters. The molecule has 0 fully saturated rings. The molecule has 1 aromatic heterocycles. The Bertz CT molecular complexity index is 545. The van der Waals surface area contributed by atoms with Gasteiger partial charge in [0.25, 0.3) is 0 Å². The first kappa shape index (κ1) is 11.7. The van der Waals surface area contributed by atoms with Crippen LogP contribution in [0.15, 0.2) is 28.9 Å². The average molecular weight is 310 g/mol. The van der Waals surface area contributed by atoms with E-state index in [9.17, 15) is 13.2 Å². The highest BCUT2D eigenvalue weighted by atomic mass is 79.9. The van der Waals surface area contributed by atoms with Gasteiger partial charge in [-0.3, -0.25) is 4.98 Å². The second-order valence-electron chi connectivity index (χ2n) is 3.11. The molecule has 84 valence electrons. The van der Waals surface area contributed by atoms with Gasteiger partial charge >= 0.3 is 6.18 Å². The summed E-state index contributed by atoms with van der Waals surface area (Å²) in [4.78, 5) is 3.73. The Morgan fingerprint density at radius 3 is 2.50 bits per heavy atom. The van der Waals surface area contributed by atoms with Gasteiger partial charge in [0.2, 0.25) is 0 Å². The van der Waals surface area contributed by atoms with Crippen LogP contribution in [0.2, 0.25) is 5.02 Å². The summed E-state index contributed by atoms with van der Waals surface area (Å²) in [5.74, 6) is 0. The van der Waals surface area contributed by atoms with E-state index in [1.165, 1.54) is 18.3 Å². The van der Waals surface area contributed by atoms with Crippen LogP contribution < -0.4 is 0 Å². The Morgan fingerprint density at radius 2 is 1.88 bits per heavy atom. The summed E-state index contributed by atoms with van der Waals surface area (Å²) in [6.07, 6.45) is -3.18. The van der Waals surface area contributed by atoms with Crippen LogP contribution >= 0.6 is 27.5 Å². The van der Waals surface area contributed by atoms with Crippen molar-refractivity contribution >= 4 is 38.4 Å². The maximum atomic E-state index is 12.7. The maximum absolute atomic E-state index is 12.7. The van der Waals surface area contributed by atoms with Crippen molar-refractivity contribution in [3.8, 4) is 0 Å². The van der Waals surface area contributed by atoms with Crippen LogP contribution in [-0.4, -0.2) is 4.98 Å². The monoisotopic (exact) mass is 309 g/mol. The molecule has 0 saturated heterocycles. The van der Waals surface area contributed by atoms with E-state index in [-0.39, 0.29) is 15.9 Å². The van der Waals surface area contributed by atoms with Gasteiger partial charge in [-0.2, -0.15) is 13.2 Å². The summed E-state index contributed by atoms with van der Waals surface area (Å²) in [7, 11) is 0. The van der Waals surface area contributed by atoms with E-state index in [0.717, 1.165) is 6.07 Å². The highest BCUT2D eigenvalue weighted by Gasteiger charge is 2.33. The number of nitrogens with zero attached hydrogens (tertiary/aromatic N) is 1. The number of halogens is 5. The van der Waals surface area contributed by atoms with E-state index in [2.05, 4.69) is 20.9 Å². The Morgan fingerprint density at radius 1 is 1.19 bits per heavy atom. The van der Waals surface area contributed by atoms with Crippen molar-refractivity contribution in [3.05, 3.63) is 39.5 Å². The average Bonchev–Trinajstić information content (AvgIpc) is 2.16. The summed E-state index contributed by atoms with van der Waals surface area (Å²) in [6, 6.07) is 3.75. The van der Waals surface area contributed by atoms with E-state index in [1.807, 2.05) is 0 Å². The molecule has 2 aromatic rings. The van der Waals surface area contributed by atoms with Gasteiger partial charge in [-0.15, -0.1) is 0 Å². The lowest BCUT2D eigenvalue weighted by atomic mass is 10.1. The molecule has 0 saturated carbocycles. The van der Waals surface area contributed by atoms with Crippen LogP contribution in [0, 0.1) is 0 Å². The smallest absolute Gasteiger partial charge is 0.255 e. The summed E-state index contributed by atoms with van der Waals surface area (Å²) < 4.78 is 38.5. The van der Waals surface area contributed by atoms with Gasteiger partial charge in [0, 0.05) is 16.1 Å². The van der Waals surface area contributed by atoms with E-state index in [1.54, 1.807) is 0 Å². The maximum Gasteiger partial charge on any atom is 0.418 e. The molecule has 0 amide bonds. The first-order chi connectivity index (χ1) is 7.41. The zero-order valence-electron chi connectivity index (χ0n) is 7.65. The lowest BCUT2D eigenvalue weighted by Crippen LogP contribution is -2.06. The van der Waals surface area contributed by atoms with Crippen molar-refractivity contribution in [2.45, 2.75) is 6.18 Å². The van der Waals surface area contributed by atoms with Crippen LogP contribution in [0.4, 0.5) is 13.2 Å². The van der Waals surface area contributed by atoms with Crippen molar-refractivity contribution in [1.82, 2.24) is 4.98 Å².